The van der Waals surface area contributed by atoms with Crippen LogP contribution < -0.4 is 10.5 Å². The summed E-state index contributed by atoms with van der Waals surface area (Å²) >= 11 is 0. The van der Waals surface area contributed by atoms with Crippen LogP contribution in [0.25, 0.3) is 0 Å². The highest BCUT2D eigenvalue weighted by Crippen LogP contribution is 2.32. The smallest absolute Gasteiger partial charge is 0.311 e. The highest BCUT2D eigenvalue weighted by Gasteiger charge is 2.18. The number of hydrogen-bond donors (Lipinski definition) is 2. The SMILES string of the molecule is Cc1ccc(Oc2cccnc2/C(N)=N/O)c([N+](=O)[O-])c1. The van der Waals surface area contributed by atoms with Crippen molar-refractivity contribution in [3.8, 4) is 11.5 Å². The first-order chi connectivity index (χ1) is 10.0. The van der Waals surface area contributed by atoms with Crippen LogP contribution in [0.2, 0.25) is 0 Å². The Labute approximate surface area is 119 Å². The van der Waals surface area contributed by atoms with Crippen LogP contribution in [0.1, 0.15) is 11.3 Å². The number of aromatic nitrogens is 1. The molecule has 1 aromatic heterocycles. The maximum Gasteiger partial charge on any atom is 0.311 e. The van der Waals surface area contributed by atoms with E-state index in [1.807, 2.05) is 0 Å². The average molecular weight is 288 g/mol. The lowest BCUT2D eigenvalue weighted by Crippen LogP contribution is -2.16. The summed E-state index contributed by atoms with van der Waals surface area (Å²) in [6.45, 7) is 1.74. The summed E-state index contributed by atoms with van der Waals surface area (Å²) < 4.78 is 5.50. The number of nitrogens with zero attached hydrogens (tertiary/aromatic N) is 3. The number of oxime groups is 1. The Kier molecular flexibility index (Phi) is 3.98. The molecule has 8 heteroatoms. The number of nitro benzene ring substituents is 1. The number of benzene rings is 1. The van der Waals surface area contributed by atoms with Gasteiger partial charge in [0.25, 0.3) is 0 Å². The third-order valence-electron chi connectivity index (χ3n) is 2.65. The summed E-state index contributed by atoms with van der Waals surface area (Å²) in [5.41, 5.74) is 6.14. The summed E-state index contributed by atoms with van der Waals surface area (Å²) in [4.78, 5) is 14.4. The number of aryl methyl sites for hydroxylation is 1. The molecular formula is C13H12N4O4. The molecule has 0 unspecified atom stereocenters. The van der Waals surface area contributed by atoms with Gasteiger partial charge in [-0.15, -0.1) is 0 Å². The largest absolute Gasteiger partial charge is 0.448 e. The summed E-state index contributed by atoms with van der Waals surface area (Å²) in [6, 6.07) is 7.65. The molecule has 0 aliphatic rings. The van der Waals surface area contributed by atoms with E-state index in [1.165, 1.54) is 24.4 Å². The molecule has 2 rings (SSSR count). The average Bonchev–Trinajstić information content (AvgIpc) is 2.48. The topological polar surface area (TPSA) is 124 Å². The molecule has 0 aliphatic carbocycles. The molecule has 0 aliphatic heterocycles. The van der Waals surface area contributed by atoms with E-state index in [2.05, 4.69) is 10.1 Å². The maximum atomic E-state index is 11.1. The predicted octanol–water partition coefficient (Wildman–Crippen LogP) is 2.19. The van der Waals surface area contributed by atoms with Crippen molar-refractivity contribution < 1.29 is 14.9 Å². The zero-order valence-electron chi connectivity index (χ0n) is 11.1. The molecule has 0 spiro atoms. The van der Waals surface area contributed by atoms with E-state index < -0.39 is 4.92 Å². The second kappa shape index (κ2) is 5.87. The molecule has 108 valence electrons. The van der Waals surface area contributed by atoms with E-state index >= 15 is 0 Å². The lowest BCUT2D eigenvalue weighted by molar-refractivity contribution is -0.385. The van der Waals surface area contributed by atoms with Crippen molar-refractivity contribution in [3.05, 3.63) is 57.9 Å². The fourth-order valence-electron chi connectivity index (χ4n) is 1.69. The molecule has 0 saturated heterocycles. The summed E-state index contributed by atoms with van der Waals surface area (Å²) in [5.74, 6) is -0.0503. The number of rotatable bonds is 4. The molecule has 1 heterocycles. The van der Waals surface area contributed by atoms with Crippen LogP contribution in [-0.2, 0) is 0 Å². The standard InChI is InChI=1S/C13H12N4O4/c1-8-4-5-10(9(7-8)17(19)20)21-11-3-2-6-15-12(11)13(14)16-18/h2-7,18H,1H3,(H2,14,16). The van der Waals surface area contributed by atoms with Gasteiger partial charge in [-0.1, -0.05) is 11.2 Å². The number of ether oxygens (including phenoxy) is 1. The molecule has 21 heavy (non-hydrogen) atoms. The van der Waals surface area contributed by atoms with E-state index in [-0.39, 0.29) is 28.7 Å². The second-order valence-electron chi connectivity index (χ2n) is 4.17. The lowest BCUT2D eigenvalue weighted by Gasteiger charge is -2.09. The number of hydrogen-bond acceptors (Lipinski definition) is 6. The molecule has 0 fully saturated rings. The van der Waals surface area contributed by atoms with E-state index in [9.17, 15) is 10.1 Å². The van der Waals surface area contributed by atoms with Crippen LogP contribution in [0.3, 0.4) is 0 Å². The van der Waals surface area contributed by atoms with Gasteiger partial charge in [-0.2, -0.15) is 0 Å². The van der Waals surface area contributed by atoms with E-state index in [1.54, 1.807) is 19.1 Å². The molecule has 1 aromatic carbocycles. The van der Waals surface area contributed by atoms with Crippen molar-refractivity contribution >= 4 is 11.5 Å². The van der Waals surface area contributed by atoms with Gasteiger partial charge in [0.1, 0.15) is 0 Å². The van der Waals surface area contributed by atoms with E-state index in [0.29, 0.717) is 0 Å². The normalized spacial score (nSPS) is 11.2. The summed E-state index contributed by atoms with van der Waals surface area (Å²) in [6.07, 6.45) is 1.43. The number of nitrogens with two attached hydrogens (primary N) is 1. The van der Waals surface area contributed by atoms with Gasteiger partial charge in [0, 0.05) is 12.3 Å². The van der Waals surface area contributed by atoms with Crippen molar-refractivity contribution in [2.45, 2.75) is 6.92 Å². The molecule has 0 amide bonds. The Morgan fingerprint density at radius 3 is 2.86 bits per heavy atom. The highest BCUT2D eigenvalue weighted by atomic mass is 16.6. The Morgan fingerprint density at radius 2 is 2.19 bits per heavy atom. The third kappa shape index (κ3) is 3.06. The number of pyridine rings is 1. The van der Waals surface area contributed by atoms with Gasteiger partial charge in [-0.3, -0.25) is 10.1 Å². The molecule has 2 aromatic rings. The van der Waals surface area contributed by atoms with Gasteiger partial charge >= 0.3 is 5.69 Å². The quantitative estimate of drug-likeness (QED) is 0.292. The fourth-order valence-corrected chi connectivity index (χ4v) is 1.69. The Balaban J connectivity index is 2.46. The molecule has 0 bridgehead atoms. The molecule has 8 nitrogen and oxygen atoms in total. The van der Waals surface area contributed by atoms with Crippen molar-refractivity contribution in [2.75, 3.05) is 0 Å². The van der Waals surface area contributed by atoms with Crippen LogP contribution >= 0.6 is 0 Å². The minimum Gasteiger partial charge on any atom is -0.448 e. The van der Waals surface area contributed by atoms with Gasteiger partial charge in [-0.25, -0.2) is 4.98 Å². The maximum absolute atomic E-state index is 11.1. The van der Waals surface area contributed by atoms with Gasteiger partial charge in [0.2, 0.25) is 5.75 Å². The first kappa shape index (κ1) is 14.3. The van der Waals surface area contributed by atoms with Gasteiger partial charge in [0.05, 0.1) is 4.92 Å². The van der Waals surface area contributed by atoms with E-state index in [0.717, 1.165) is 5.56 Å². The Morgan fingerprint density at radius 1 is 1.43 bits per heavy atom. The molecular weight excluding hydrogens is 276 g/mol. The highest BCUT2D eigenvalue weighted by molar-refractivity contribution is 5.97. The monoisotopic (exact) mass is 288 g/mol. The molecule has 3 N–H and O–H groups in total. The predicted molar refractivity (Wildman–Crippen MR) is 74.7 cm³/mol. The van der Waals surface area contributed by atoms with E-state index in [4.69, 9.17) is 15.7 Å². The minimum absolute atomic E-state index is 0.0468. The second-order valence-corrected chi connectivity index (χ2v) is 4.17. The molecule has 0 radical (unpaired) electrons. The lowest BCUT2D eigenvalue weighted by atomic mass is 10.2. The summed E-state index contributed by atoms with van der Waals surface area (Å²) in [5, 5.41) is 22.6. The van der Waals surface area contributed by atoms with Crippen LogP contribution in [0.15, 0.2) is 41.7 Å². The van der Waals surface area contributed by atoms with Crippen LogP contribution in [0, 0.1) is 17.0 Å². The Bertz CT molecular complexity index is 715. The minimum atomic E-state index is -0.540. The number of amidine groups is 1. The van der Waals surface area contributed by atoms with Crippen molar-refractivity contribution in [1.82, 2.24) is 4.98 Å². The van der Waals surface area contributed by atoms with Gasteiger partial charge in [-0.05, 0) is 30.7 Å². The first-order valence-corrected chi connectivity index (χ1v) is 5.88. The van der Waals surface area contributed by atoms with Gasteiger partial charge in [0.15, 0.2) is 17.3 Å². The first-order valence-electron chi connectivity index (χ1n) is 5.88. The fraction of sp³-hybridized carbons (Fsp3) is 0.0769. The van der Waals surface area contributed by atoms with Crippen LogP contribution in [0.4, 0.5) is 5.69 Å². The molecule has 0 atom stereocenters. The van der Waals surface area contributed by atoms with Crippen molar-refractivity contribution in [2.24, 2.45) is 10.9 Å². The van der Waals surface area contributed by atoms with Crippen molar-refractivity contribution in [3.63, 3.8) is 0 Å². The Hall–Kier alpha value is -3.16. The molecule has 0 saturated carbocycles. The zero-order valence-corrected chi connectivity index (χ0v) is 11.1. The summed E-state index contributed by atoms with van der Waals surface area (Å²) in [7, 11) is 0. The zero-order chi connectivity index (χ0) is 15.4. The number of nitro groups is 1. The van der Waals surface area contributed by atoms with Crippen molar-refractivity contribution in [1.29, 1.82) is 0 Å². The van der Waals surface area contributed by atoms with Crippen LogP contribution in [0.5, 0.6) is 11.5 Å². The van der Waals surface area contributed by atoms with Gasteiger partial charge < -0.3 is 15.7 Å². The third-order valence-corrected chi connectivity index (χ3v) is 2.65. The van der Waals surface area contributed by atoms with Crippen LogP contribution in [-0.4, -0.2) is 21.0 Å².